The van der Waals surface area contributed by atoms with Crippen LogP contribution >= 0.6 is 11.8 Å². The maximum Gasteiger partial charge on any atom is 0.214 e. The van der Waals surface area contributed by atoms with Crippen LogP contribution in [-0.4, -0.2) is 40.6 Å². The van der Waals surface area contributed by atoms with Crippen molar-refractivity contribution in [3.63, 3.8) is 0 Å². The molecule has 0 unspecified atom stereocenters. The average molecular weight is 302 g/mol. The van der Waals surface area contributed by atoms with E-state index in [9.17, 15) is 5.11 Å². The van der Waals surface area contributed by atoms with Crippen LogP contribution < -0.4 is 0 Å². The molecule has 2 aromatic heterocycles. The second-order valence-electron chi connectivity index (χ2n) is 4.41. The topological polar surface area (TPSA) is 81.7 Å². The first-order valence-electron chi connectivity index (χ1n) is 6.42. The van der Waals surface area contributed by atoms with Crippen LogP contribution in [0.25, 0.3) is 5.69 Å². The van der Waals surface area contributed by atoms with E-state index >= 15 is 0 Å². The van der Waals surface area contributed by atoms with Crippen LogP contribution in [0.4, 0.5) is 0 Å². The summed E-state index contributed by atoms with van der Waals surface area (Å²) in [5.41, 5.74) is 0.819. The van der Waals surface area contributed by atoms with Gasteiger partial charge in [-0.15, -0.1) is 5.10 Å². The summed E-state index contributed by atoms with van der Waals surface area (Å²) < 4.78 is 3.74. The third kappa shape index (κ3) is 3.05. The number of aromatic hydroxyl groups is 1. The van der Waals surface area contributed by atoms with Gasteiger partial charge in [-0.05, 0) is 41.6 Å². The highest BCUT2D eigenvalue weighted by Gasteiger charge is 2.09. The van der Waals surface area contributed by atoms with Crippen LogP contribution in [0.3, 0.4) is 0 Å². The molecule has 0 spiro atoms. The molecular formula is C13H14N6OS. The normalized spacial score (nSPS) is 10.9. The van der Waals surface area contributed by atoms with Gasteiger partial charge in [-0.25, -0.2) is 4.98 Å². The number of phenols is 1. The lowest BCUT2D eigenvalue weighted by molar-refractivity contribution is 0.475. The SMILES string of the molecule is Cc1nccn1CCSc1nnnn1-c1ccc(O)cc1. The molecule has 0 saturated carbocycles. The fourth-order valence-electron chi connectivity index (χ4n) is 1.90. The maximum absolute atomic E-state index is 9.32. The van der Waals surface area contributed by atoms with E-state index in [0.717, 1.165) is 29.0 Å². The predicted molar refractivity (Wildman–Crippen MR) is 78.5 cm³/mol. The minimum atomic E-state index is 0.219. The molecule has 0 aliphatic carbocycles. The van der Waals surface area contributed by atoms with Crippen molar-refractivity contribution >= 4 is 11.8 Å². The van der Waals surface area contributed by atoms with Crippen molar-refractivity contribution in [1.29, 1.82) is 0 Å². The zero-order chi connectivity index (χ0) is 14.7. The summed E-state index contributed by atoms with van der Waals surface area (Å²) in [5.74, 6) is 2.06. The zero-order valence-electron chi connectivity index (χ0n) is 11.4. The van der Waals surface area contributed by atoms with E-state index < -0.39 is 0 Å². The predicted octanol–water partition coefficient (Wildman–Crippen LogP) is 1.67. The number of phenolic OH excluding ortho intramolecular Hbond substituents is 1. The van der Waals surface area contributed by atoms with Gasteiger partial charge in [0, 0.05) is 24.7 Å². The summed E-state index contributed by atoms with van der Waals surface area (Å²) in [7, 11) is 0. The number of rotatable bonds is 5. The van der Waals surface area contributed by atoms with E-state index in [0.29, 0.717) is 0 Å². The lowest BCUT2D eigenvalue weighted by Gasteiger charge is -2.06. The molecule has 3 rings (SSSR count). The average Bonchev–Trinajstić information content (AvgIpc) is 3.10. The summed E-state index contributed by atoms with van der Waals surface area (Å²) in [4.78, 5) is 4.19. The molecule has 0 aliphatic rings. The van der Waals surface area contributed by atoms with Crippen molar-refractivity contribution in [2.45, 2.75) is 18.6 Å². The number of hydrogen-bond donors (Lipinski definition) is 1. The van der Waals surface area contributed by atoms with Crippen molar-refractivity contribution in [1.82, 2.24) is 29.8 Å². The van der Waals surface area contributed by atoms with E-state index in [1.54, 1.807) is 46.9 Å². The molecule has 0 saturated heterocycles. The van der Waals surface area contributed by atoms with Gasteiger partial charge in [0.15, 0.2) is 0 Å². The Labute approximate surface area is 125 Å². The number of aryl methyl sites for hydroxylation is 2. The smallest absolute Gasteiger partial charge is 0.214 e. The molecule has 7 nitrogen and oxygen atoms in total. The summed E-state index contributed by atoms with van der Waals surface area (Å²) in [5, 5.41) is 21.8. The largest absolute Gasteiger partial charge is 0.508 e. The lowest BCUT2D eigenvalue weighted by Crippen LogP contribution is -2.03. The minimum absolute atomic E-state index is 0.219. The monoisotopic (exact) mass is 302 g/mol. The molecule has 0 fully saturated rings. The van der Waals surface area contributed by atoms with Crippen LogP contribution in [0.2, 0.25) is 0 Å². The van der Waals surface area contributed by atoms with Gasteiger partial charge in [0.25, 0.3) is 0 Å². The van der Waals surface area contributed by atoms with Gasteiger partial charge in [-0.1, -0.05) is 11.8 Å². The van der Waals surface area contributed by atoms with Gasteiger partial charge >= 0.3 is 0 Å². The molecule has 0 atom stereocenters. The van der Waals surface area contributed by atoms with Crippen molar-refractivity contribution < 1.29 is 5.11 Å². The van der Waals surface area contributed by atoms with E-state index in [-0.39, 0.29) is 5.75 Å². The van der Waals surface area contributed by atoms with Crippen molar-refractivity contribution in [2.75, 3.05) is 5.75 Å². The molecule has 0 amide bonds. The summed E-state index contributed by atoms with van der Waals surface area (Å²) in [6.07, 6.45) is 3.75. The quantitative estimate of drug-likeness (QED) is 0.722. The number of thioether (sulfide) groups is 1. The Bertz CT molecular complexity index is 720. The van der Waals surface area contributed by atoms with Crippen molar-refractivity contribution in [3.05, 3.63) is 42.5 Å². The third-order valence-electron chi connectivity index (χ3n) is 3.02. The first-order chi connectivity index (χ1) is 10.2. The molecule has 1 aromatic carbocycles. The van der Waals surface area contributed by atoms with Gasteiger partial charge in [0.05, 0.1) is 5.69 Å². The van der Waals surface area contributed by atoms with Crippen LogP contribution in [0.1, 0.15) is 5.82 Å². The van der Waals surface area contributed by atoms with Gasteiger partial charge in [-0.3, -0.25) is 0 Å². The standard InChI is InChI=1S/C13H14N6OS/c1-10-14-6-7-18(10)8-9-21-13-15-16-17-19(13)11-2-4-12(20)5-3-11/h2-7,20H,8-9H2,1H3. The molecule has 3 aromatic rings. The number of tetrazole rings is 1. The van der Waals surface area contributed by atoms with Gasteiger partial charge in [0.2, 0.25) is 5.16 Å². The Hall–Kier alpha value is -2.35. The molecule has 0 bridgehead atoms. The Kier molecular flexibility index (Phi) is 3.87. The number of benzene rings is 1. The first kappa shape index (κ1) is 13.6. The molecular weight excluding hydrogens is 288 g/mol. The number of aromatic nitrogens is 6. The Morgan fingerprint density at radius 1 is 1.24 bits per heavy atom. The van der Waals surface area contributed by atoms with E-state index in [2.05, 4.69) is 25.1 Å². The second kappa shape index (κ2) is 5.96. The van der Waals surface area contributed by atoms with Gasteiger partial charge < -0.3 is 9.67 Å². The van der Waals surface area contributed by atoms with Gasteiger partial charge in [0.1, 0.15) is 11.6 Å². The molecule has 108 valence electrons. The summed E-state index contributed by atoms with van der Waals surface area (Å²) in [6, 6.07) is 6.77. The molecule has 0 aliphatic heterocycles. The van der Waals surface area contributed by atoms with Crippen molar-refractivity contribution in [3.8, 4) is 11.4 Å². The van der Waals surface area contributed by atoms with Crippen LogP contribution in [0.15, 0.2) is 41.8 Å². The Balaban J connectivity index is 1.68. The summed E-state index contributed by atoms with van der Waals surface area (Å²) >= 11 is 1.58. The van der Waals surface area contributed by atoms with Gasteiger partial charge in [-0.2, -0.15) is 4.68 Å². The molecule has 8 heteroatoms. The number of nitrogens with zero attached hydrogens (tertiary/aromatic N) is 6. The fraction of sp³-hybridized carbons (Fsp3) is 0.231. The van der Waals surface area contributed by atoms with Crippen molar-refractivity contribution in [2.24, 2.45) is 0 Å². The molecule has 1 N–H and O–H groups in total. The van der Waals surface area contributed by atoms with Crippen LogP contribution in [0.5, 0.6) is 5.75 Å². The van der Waals surface area contributed by atoms with E-state index in [4.69, 9.17) is 0 Å². The molecule has 21 heavy (non-hydrogen) atoms. The maximum atomic E-state index is 9.32. The summed E-state index contributed by atoms with van der Waals surface area (Å²) in [6.45, 7) is 2.82. The second-order valence-corrected chi connectivity index (χ2v) is 5.47. The van der Waals surface area contributed by atoms with E-state index in [1.165, 1.54) is 0 Å². The Morgan fingerprint density at radius 3 is 2.76 bits per heavy atom. The number of imidazole rings is 1. The third-order valence-corrected chi connectivity index (χ3v) is 3.92. The number of hydrogen-bond acceptors (Lipinski definition) is 6. The van der Waals surface area contributed by atoms with Crippen LogP contribution in [-0.2, 0) is 6.54 Å². The minimum Gasteiger partial charge on any atom is -0.508 e. The highest BCUT2D eigenvalue weighted by molar-refractivity contribution is 7.99. The lowest BCUT2D eigenvalue weighted by atomic mass is 10.3. The zero-order valence-corrected chi connectivity index (χ0v) is 12.2. The highest BCUT2D eigenvalue weighted by atomic mass is 32.2. The van der Waals surface area contributed by atoms with E-state index in [1.807, 2.05) is 13.1 Å². The Morgan fingerprint density at radius 2 is 2.05 bits per heavy atom. The fourth-order valence-corrected chi connectivity index (χ4v) is 2.73. The highest BCUT2D eigenvalue weighted by Crippen LogP contribution is 2.20. The van der Waals surface area contributed by atoms with Crippen LogP contribution in [0, 0.1) is 6.92 Å². The first-order valence-corrected chi connectivity index (χ1v) is 7.41. The molecule has 0 radical (unpaired) electrons. The molecule has 2 heterocycles.